The molecule has 1 aromatic rings. The molecule has 31 heavy (non-hydrogen) atoms. The second-order valence-corrected chi connectivity index (χ2v) is 7.48. The molecule has 7 N–H and O–H groups in total. The van der Waals surface area contributed by atoms with Crippen LogP contribution in [-0.2, 0) is 25.6 Å². The van der Waals surface area contributed by atoms with Crippen LogP contribution in [0.1, 0.15) is 25.3 Å². The van der Waals surface area contributed by atoms with E-state index in [9.17, 15) is 24.3 Å². The number of amides is 3. The number of phenols is 1. The Morgan fingerprint density at radius 2 is 1.84 bits per heavy atom. The highest BCUT2D eigenvalue weighted by Gasteiger charge is 2.38. The Kier molecular flexibility index (Phi) is 8.34. The Labute approximate surface area is 179 Å². The van der Waals surface area contributed by atoms with Crippen molar-refractivity contribution in [3.8, 4) is 5.75 Å². The fraction of sp³-hybridized carbons (Fsp3) is 0.500. The number of rotatable bonds is 9. The number of carboxylic acids is 1. The third kappa shape index (κ3) is 6.40. The smallest absolute Gasteiger partial charge is 0.325 e. The quantitative estimate of drug-likeness (QED) is 0.265. The summed E-state index contributed by atoms with van der Waals surface area (Å²) in [7, 11) is 0. The first-order valence-electron chi connectivity index (χ1n) is 9.92. The molecule has 0 bridgehead atoms. The van der Waals surface area contributed by atoms with Gasteiger partial charge in [-0.3, -0.25) is 19.2 Å². The summed E-state index contributed by atoms with van der Waals surface area (Å²) >= 11 is 0. The molecule has 1 aromatic carbocycles. The summed E-state index contributed by atoms with van der Waals surface area (Å²) in [6.07, 6.45) is 0.973. The van der Waals surface area contributed by atoms with Crippen molar-refractivity contribution in [2.45, 2.75) is 50.4 Å². The molecule has 4 unspecified atom stereocenters. The second kappa shape index (κ2) is 10.7. The topological polar surface area (TPSA) is 182 Å². The van der Waals surface area contributed by atoms with E-state index in [2.05, 4.69) is 10.6 Å². The first-order chi connectivity index (χ1) is 14.6. The molecule has 11 nitrogen and oxygen atoms in total. The SMILES string of the molecule is CC(NC(=O)C1CCCN1C(=O)C(Cc1ccc(O)cc1)NC(=O)C(N)CO)C(=O)O. The molecule has 2 rings (SSSR count). The first kappa shape index (κ1) is 24.1. The maximum Gasteiger partial charge on any atom is 0.325 e. The van der Waals surface area contributed by atoms with Crippen LogP contribution >= 0.6 is 0 Å². The van der Waals surface area contributed by atoms with Crippen molar-refractivity contribution < 1.29 is 34.5 Å². The number of aliphatic carboxylic acids is 1. The summed E-state index contributed by atoms with van der Waals surface area (Å²) in [5, 5.41) is 32.5. The molecule has 0 aliphatic carbocycles. The van der Waals surface area contributed by atoms with E-state index in [0.29, 0.717) is 18.4 Å². The maximum atomic E-state index is 13.3. The molecule has 3 amide bonds. The molecule has 170 valence electrons. The van der Waals surface area contributed by atoms with Crippen LogP contribution < -0.4 is 16.4 Å². The Bertz CT molecular complexity index is 814. The molecule has 11 heteroatoms. The van der Waals surface area contributed by atoms with Gasteiger partial charge in [0, 0.05) is 13.0 Å². The Morgan fingerprint density at radius 3 is 2.42 bits per heavy atom. The largest absolute Gasteiger partial charge is 0.508 e. The van der Waals surface area contributed by atoms with Gasteiger partial charge in [0.2, 0.25) is 17.7 Å². The number of hydrogen-bond donors (Lipinski definition) is 6. The van der Waals surface area contributed by atoms with Gasteiger partial charge in [-0.1, -0.05) is 12.1 Å². The Morgan fingerprint density at radius 1 is 1.19 bits per heavy atom. The lowest BCUT2D eigenvalue weighted by Crippen LogP contribution is -2.57. The lowest BCUT2D eigenvalue weighted by molar-refractivity contribution is -0.144. The Balaban J connectivity index is 2.21. The number of aromatic hydroxyl groups is 1. The van der Waals surface area contributed by atoms with Gasteiger partial charge in [-0.2, -0.15) is 0 Å². The minimum Gasteiger partial charge on any atom is -0.508 e. The summed E-state index contributed by atoms with van der Waals surface area (Å²) in [6, 6.07) is 1.81. The number of nitrogens with one attached hydrogen (secondary N) is 2. The van der Waals surface area contributed by atoms with Gasteiger partial charge in [-0.25, -0.2) is 0 Å². The van der Waals surface area contributed by atoms with Crippen LogP contribution in [0.3, 0.4) is 0 Å². The van der Waals surface area contributed by atoms with E-state index in [1.165, 1.54) is 24.0 Å². The van der Waals surface area contributed by atoms with E-state index in [1.807, 2.05) is 0 Å². The van der Waals surface area contributed by atoms with E-state index < -0.39 is 54.5 Å². The first-order valence-corrected chi connectivity index (χ1v) is 9.92. The van der Waals surface area contributed by atoms with Gasteiger partial charge in [-0.15, -0.1) is 0 Å². The summed E-state index contributed by atoms with van der Waals surface area (Å²) in [4.78, 5) is 50.4. The van der Waals surface area contributed by atoms with Crippen LogP contribution in [0.4, 0.5) is 0 Å². The highest BCUT2D eigenvalue weighted by atomic mass is 16.4. The molecule has 1 fully saturated rings. The van der Waals surface area contributed by atoms with Gasteiger partial charge < -0.3 is 36.6 Å². The van der Waals surface area contributed by atoms with Gasteiger partial charge in [0.1, 0.15) is 29.9 Å². The number of nitrogens with zero attached hydrogens (tertiary/aromatic N) is 1. The molecular formula is C20H28N4O7. The average Bonchev–Trinajstić information content (AvgIpc) is 3.23. The molecular weight excluding hydrogens is 408 g/mol. The van der Waals surface area contributed by atoms with Crippen molar-refractivity contribution in [3.05, 3.63) is 29.8 Å². The highest BCUT2D eigenvalue weighted by Crippen LogP contribution is 2.20. The maximum absolute atomic E-state index is 13.3. The van der Waals surface area contributed by atoms with Crippen molar-refractivity contribution in [1.82, 2.24) is 15.5 Å². The highest BCUT2D eigenvalue weighted by molar-refractivity contribution is 5.94. The number of nitrogens with two attached hydrogens (primary N) is 1. The summed E-state index contributed by atoms with van der Waals surface area (Å²) < 4.78 is 0. The van der Waals surface area contributed by atoms with Crippen LogP contribution in [0.5, 0.6) is 5.75 Å². The van der Waals surface area contributed by atoms with Gasteiger partial charge in [0.25, 0.3) is 0 Å². The lowest BCUT2D eigenvalue weighted by Gasteiger charge is -2.29. The van der Waals surface area contributed by atoms with Crippen LogP contribution in [-0.4, -0.2) is 81.2 Å². The molecule has 0 aromatic heterocycles. The van der Waals surface area contributed by atoms with Crippen LogP contribution in [0.15, 0.2) is 24.3 Å². The average molecular weight is 436 g/mol. The fourth-order valence-corrected chi connectivity index (χ4v) is 3.30. The molecule has 1 heterocycles. The summed E-state index contributed by atoms with van der Waals surface area (Å²) in [5.41, 5.74) is 6.20. The number of carbonyl (C=O) groups is 4. The van der Waals surface area contributed by atoms with E-state index in [-0.39, 0.29) is 18.7 Å². The standard InChI is InChI=1S/C20H28N4O7/c1-11(20(30)31)22-18(28)16-3-2-8-24(16)19(29)15(23-17(27)14(21)10-25)9-12-4-6-13(26)7-5-12/h4-7,11,14-16,25-26H,2-3,8-10,21H2,1H3,(H,22,28)(H,23,27)(H,30,31). The lowest BCUT2D eigenvalue weighted by atomic mass is 10.0. The normalized spacial score (nSPS) is 18.7. The molecule has 1 saturated heterocycles. The molecule has 1 aliphatic rings. The van der Waals surface area contributed by atoms with Gasteiger partial charge in [-0.05, 0) is 37.5 Å². The predicted molar refractivity (Wildman–Crippen MR) is 109 cm³/mol. The predicted octanol–water partition coefficient (Wildman–Crippen LogP) is -1.68. The minimum atomic E-state index is -1.22. The van der Waals surface area contributed by atoms with Crippen molar-refractivity contribution in [2.24, 2.45) is 5.73 Å². The van der Waals surface area contributed by atoms with E-state index in [1.54, 1.807) is 12.1 Å². The van der Waals surface area contributed by atoms with Gasteiger partial charge in [0.15, 0.2) is 0 Å². The third-order valence-electron chi connectivity index (χ3n) is 5.09. The van der Waals surface area contributed by atoms with E-state index >= 15 is 0 Å². The molecule has 4 atom stereocenters. The Hall–Kier alpha value is -3.18. The second-order valence-electron chi connectivity index (χ2n) is 7.48. The summed E-state index contributed by atoms with van der Waals surface area (Å²) in [6.45, 7) is 0.992. The number of phenolic OH excluding ortho intramolecular Hbond substituents is 1. The molecule has 0 spiro atoms. The number of benzene rings is 1. The molecule has 0 radical (unpaired) electrons. The third-order valence-corrected chi connectivity index (χ3v) is 5.09. The minimum absolute atomic E-state index is 0.0433. The number of aliphatic hydroxyl groups is 1. The number of likely N-dealkylation sites (tertiary alicyclic amines) is 1. The van der Waals surface area contributed by atoms with Crippen LogP contribution in [0.25, 0.3) is 0 Å². The zero-order valence-corrected chi connectivity index (χ0v) is 17.2. The zero-order chi connectivity index (χ0) is 23.1. The van der Waals surface area contributed by atoms with E-state index in [0.717, 1.165) is 0 Å². The number of carboxylic acid groups (broad SMARTS) is 1. The van der Waals surface area contributed by atoms with Crippen molar-refractivity contribution in [2.75, 3.05) is 13.2 Å². The molecule has 0 saturated carbocycles. The fourth-order valence-electron chi connectivity index (χ4n) is 3.30. The van der Waals surface area contributed by atoms with Crippen LogP contribution in [0.2, 0.25) is 0 Å². The van der Waals surface area contributed by atoms with Crippen molar-refractivity contribution in [1.29, 1.82) is 0 Å². The number of hydrogen-bond acceptors (Lipinski definition) is 7. The van der Waals surface area contributed by atoms with E-state index in [4.69, 9.17) is 15.9 Å². The summed E-state index contributed by atoms with van der Waals surface area (Å²) in [5.74, 6) is -2.98. The number of aliphatic hydroxyl groups excluding tert-OH is 1. The zero-order valence-electron chi connectivity index (χ0n) is 17.2. The van der Waals surface area contributed by atoms with Crippen LogP contribution in [0, 0.1) is 0 Å². The van der Waals surface area contributed by atoms with Crippen molar-refractivity contribution >= 4 is 23.7 Å². The molecule has 1 aliphatic heterocycles. The van der Waals surface area contributed by atoms with Gasteiger partial charge in [0.05, 0.1) is 6.61 Å². The van der Waals surface area contributed by atoms with Gasteiger partial charge >= 0.3 is 5.97 Å². The van der Waals surface area contributed by atoms with Crippen molar-refractivity contribution in [3.63, 3.8) is 0 Å². The number of carbonyl (C=O) groups excluding carboxylic acids is 3. The monoisotopic (exact) mass is 436 g/mol.